The van der Waals surface area contributed by atoms with E-state index < -0.39 is 9.84 Å². The summed E-state index contributed by atoms with van der Waals surface area (Å²) in [5.41, 5.74) is 0.367. The van der Waals surface area contributed by atoms with E-state index >= 15 is 0 Å². The van der Waals surface area contributed by atoms with Gasteiger partial charge in [-0.15, -0.1) is 0 Å². The first kappa shape index (κ1) is 12.3. The van der Waals surface area contributed by atoms with Crippen LogP contribution in [0.4, 0.5) is 0 Å². The lowest BCUT2D eigenvalue weighted by atomic mass is 10.2. The molecule has 5 nitrogen and oxygen atoms in total. The molecule has 1 aromatic heterocycles. The summed E-state index contributed by atoms with van der Waals surface area (Å²) in [6.07, 6.45) is 2.11. The number of pyridine rings is 1. The van der Waals surface area contributed by atoms with Crippen molar-refractivity contribution in [2.75, 3.05) is 11.5 Å². The van der Waals surface area contributed by atoms with Gasteiger partial charge in [0.05, 0.1) is 17.1 Å². The maximum Gasteiger partial charge on any atom is 0.254 e. The van der Waals surface area contributed by atoms with Crippen LogP contribution in [-0.4, -0.2) is 36.9 Å². The summed E-state index contributed by atoms with van der Waals surface area (Å²) < 4.78 is 22.8. The van der Waals surface area contributed by atoms with Gasteiger partial charge in [-0.25, -0.2) is 8.42 Å². The van der Waals surface area contributed by atoms with E-state index in [1.807, 2.05) is 0 Å². The van der Waals surface area contributed by atoms with E-state index in [9.17, 15) is 13.2 Å². The molecule has 0 aromatic carbocycles. The van der Waals surface area contributed by atoms with E-state index in [0.29, 0.717) is 16.6 Å². The van der Waals surface area contributed by atoms with Crippen molar-refractivity contribution in [2.24, 2.45) is 0 Å². The minimum Gasteiger partial charge on any atom is -0.352 e. The van der Waals surface area contributed by atoms with E-state index in [1.54, 1.807) is 18.3 Å². The van der Waals surface area contributed by atoms with E-state index in [1.165, 1.54) is 0 Å². The second-order valence-corrected chi connectivity index (χ2v) is 6.62. The fourth-order valence-corrected chi connectivity index (χ4v) is 3.67. The summed E-state index contributed by atoms with van der Waals surface area (Å²) in [6, 6.07) is 2.98. The molecule has 2 heterocycles. The van der Waals surface area contributed by atoms with Crippen LogP contribution >= 0.6 is 12.2 Å². The Balaban J connectivity index is 2.09. The number of aromatic nitrogens is 1. The molecular formula is C10H12N2O3S2. The molecule has 1 saturated heterocycles. The third-order valence-electron chi connectivity index (χ3n) is 2.63. The Kier molecular flexibility index (Phi) is 3.30. The number of sulfone groups is 1. The molecule has 7 heteroatoms. The lowest BCUT2D eigenvalue weighted by molar-refractivity contribution is 0.0940. The van der Waals surface area contributed by atoms with E-state index in [4.69, 9.17) is 12.2 Å². The van der Waals surface area contributed by atoms with Crippen molar-refractivity contribution in [3.05, 3.63) is 28.5 Å². The van der Waals surface area contributed by atoms with E-state index in [2.05, 4.69) is 10.3 Å². The molecule has 2 N–H and O–H groups in total. The van der Waals surface area contributed by atoms with Crippen molar-refractivity contribution in [3.8, 4) is 0 Å². The Morgan fingerprint density at radius 1 is 1.53 bits per heavy atom. The first-order valence-corrected chi connectivity index (χ1v) is 7.40. The summed E-state index contributed by atoms with van der Waals surface area (Å²) >= 11 is 4.98. The van der Waals surface area contributed by atoms with Crippen LogP contribution in [0.3, 0.4) is 0 Å². The summed E-state index contributed by atoms with van der Waals surface area (Å²) in [7, 11) is -2.98. The molecule has 17 heavy (non-hydrogen) atoms. The van der Waals surface area contributed by atoms with Gasteiger partial charge in [0.15, 0.2) is 9.84 Å². The molecule has 0 saturated carbocycles. The van der Waals surface area contributed by atoms with Gasteiger partial charge in [-0.1, -0.05) is 12.2 Å². The van der Waals surface area contributed by atoms with Crippen molar-refractivity contribution in [2.45, 2.75) is 12.5 Å². The molecule has 0 aliphatic carbocycles. The largest absolute Gasteiger partial charge is 0.352 e. The smallest absolute Gasteiger partial charge is 0.254 e. The highest BCUT2D eigenvalue weighted by atomic mass is 32.2. The SMILES string of the molecule is O=C(NC1CCS(=O)(=O)C1)c1ccc[nH]c1=S. The summed E-state index contributed by atoms with van der Waals surface area (Å²) in [4.78, 5) is 14.6. The van der Waals surface area contributed by atoms with Gasteiger partial charge in [-0.05, 0) is 18.6 Å². The van der Waals surface area contributed by atoms with Crippen LogP contribution < -0.4 is 5.32 Å². The molecule has 1 unspecified atom stereocenters. The van der Waals surface area contributed by atoms with Gasteiger partial charge in [0.25, 0.3) is 5.91 Å². The average Bonchev–Trinajstić information content (AvgIpc) is 2.58. The highest BCUT2D eigenvalue weighted by molar-refractivity contribution is 7.91. The zero-order chi connectivity index (χ0) is 12.5. The fourth-order valence-electron chi connectivity index (χ4n) is 1.77. The molecular weight excluding hydrogens is 260 g/mol. The fraction of sp³-hybridized carbons (Fsp3) is 0.400. The minimum atomic E-state index is -2.98. The molecule has 0 bridgehead atoms. The van der Waals surface area contributed by atoms with E-state index in [0.717, 1.165) is 0 Å². The highest BCUT2D eigenvalue weighted by Gasteiger charge is 2.29. The zero-order valence-electron chi connectivity index (χ0n) is 8.97. The summed E-state index contributed by atoms with van der Waals surface area (Å²) in [5.74, 6) is -0.171. The topological polar surface area (TPSA) is 79.0 Å². The molecule has 1 aliphatic rings. The Labute approximate surface area is 104 Å². The normalized spacial score (nSPS) is 22.2. The number of H-pyrrole nitrogens is 1. The molecule has 0 spiro atoms. The van der Waals surface area contributed by atoms with Gasteiger partial charge < -0.3 is 10.3 Å². The Hall–Kier alpha value is -1.21. The van der Waals surface area contributed by atoms with E-state index in [-0.39, 0.29) is 23.5 Å². The molecule has 1 amide bonds. The first-order chi connectivity index (χ1) is 7.98. The molecule has 1 aromatic rings. The molecule has 1 atom stereocenters. The van der Waals surface area contributed by atoms with Crippen molar-refractivity contribution >= 4 is 28.0 Å². The maximum absolute atomic E-state index is 11.8. The number of hydrogen-bond acceptors (Lipinski definition) is 4. The van der Waals surface area contributed by atoms with Crippen molar-refractivity contribution in [1.82, 2.24) is 10.3 Å². The monoisotopic (exact) mass is 272 g/mol. The van der Waals surface area contributed by atoms with Gasteiger partial charge in [0.1, 0.15) is 4.64 Å². The Morgan fingerprint density at radius 3 is 2.88 bits per heavy atom. The van der Waals surface area contributed by atoms with Crippen LogP contribution in [0.2, 0.25) is 0 Å². The predicted octanol–water partition coefficient (Wildman–Crippen LogP) is 0.661. The van der Waals surface area contributed by atoms with Gasteiger partial charge in [0.2, 0.25) is 0 Å². The Bertz CT molecular complexity index is 592. The summed E-state index contributed by atoms with van der Waals surface area (Å²) in [6.45, 7) is 0. The molecule has 1 aliphatic heterocycles. The zero-order valence-corrected chi connectivity index (χ0v) is 10.6. The van der Waals surface area contributed by atoms with Gasteiger partial charge in [-0.3, -0.25) is 4.79 Å². The van der Waals surface area contributed by atoms with Crippen molar-refractivity contribution in [1.29, 1.82) is 0 Å². The van der Waals surface area contributed by atoms with Crippen LogP contribution in [-0.2, 0) is 9.84 Å². The minimum absolute atomic E-state index is 0.0159. The van der Waals surface area contributed by atoms with Gasteiger partial charge in [-0.2, -0.15) is 0 Å². The number of amides is 1. The standard InChI is InChI=1S/C10H12N2O3S2/c13-9(8-2-1-4-11-10(8)16)12-7-3-5-17(14,15)6-7/h1-2,4,7H,3,5-6H2,(H,11,16)(H,12,13). The van der Waals surface area contributed by atoms with Crippen LogP contribution in [0.25, 0.3) is 0 Å². The number of aromatic amines is 1. The first-order valence-electron chi connectivity index (χ1n) is 5.17. The second-order valence-electron chi connectivity index (χ2n) is 3.99. The van der Waals surface area contributed by atoms with Crippen molar-refractivity contribution in [3.63, 3.8) is 0 Å². The number of hydrogen-bond donors (Lipinski definition) is 2. The highest BCUT2D eigenvalue weighted by Crippen LogP contribution is 2.12. The number of carbonyl (C=O) groups excluding carboxylic acids is 1. The number of nitrogens with one attached hydrogen (secondary N) is 2. The average molecular weight is 272 g/mol. The van der Waals surface area contributed by atoms with Gasteiger partial charge in [0, 0.05) is 12.2 Å². The lowest BCUT2D eigenvalue weighted by Gasteiger charge is -2.10. The van der Waals surface area contributed by atoms with Crippen LogP contribution in [0, 0.1) is 4.64 Å². The molecule has 2 rings (SSSR count). The quantitative estimate of drug-likeness (QED) is 0.775. The summed E-state index contributed by atoms with van der Waals surface area (Å²) in [5, 5.41) is 2.69. The maximum atomic E-state index is 11.8. The second kappa shape index (κ2) is 4.58. The molecule has 1 fully saturated rings. The van der Waals surface area contributed by atoms with Gasteiger partial charge >= 0.3 is 0 Å². The lowest BCUT2D eigenvalue weighted by Crippen LogP contribution is -2.35. The molecule has 0 radical (unpaired) electrons. The third kappa shape index (κ3) is 2.92. The number of rotatable bonds is 2. The van der Waals surface area contributed by atoms with Crippen LogP contribution in [0.1, 0.15) is 16.8 Å². The van der Waals surface area contributed by atoms with Crippen LogP contribution in [0.5, 0.6) is 0 Å². The third-order valence-corrected chi connectivity index (χ3v) is 4.74. The predicted molar refractivity (Wildman–Crippen MR) is 66.2 cm³/mol. The Morgan fingerprint density at radius 2 is 2.29 bits per heavy atom. The van der Waals surface area contributed by atoms with Crippen LogP contribution in [0.15, 0.2) is 18.3 Å². The molecule has 92 valence electrons. The number of carbonyl (C=O) groups is 1. The van der Waals surface area contributed by atoms with Crippen molar-refractivity contribution < 1.29 is 13.2 Å².